The molecule has 0 aromatic carbocycles. The minimum Gasteiger partial charge on any atom is -1.00 e. The van der Waals surface area contributed by atoms with Gasteiger partial charge in [0.2, 0.25) is 0 Å². The number of nitrogens with one attached hydrogen (secondary N) is 1. The van der Waals surface area contributed by atoms with E-state index in [9.17, 15) is 17.6 Å². The summed E-state index contributed by atoms with van der Waals surface area (Å²) in [5, 5.41) is 26.9. The van der Waals surface area contributed by atoms with Gasteiger partial charge < -0.3 is 30.2 Å². The molecule has 0 amide bonds. The van der Waals surface area contributed by atoms with Gasteiger partial charge in [0.15, 0.2) is 0 Å². The van der Waals surface area contributed by atoms with Gasteiger partial charge in [0.1, 0.15) is 0 Å². The monoisotopic (exact) mass is 829 g/mol. The van der Waals surface area contributed by atoms with Crippen molar-refractivity contribution < 1.29 is 155 Å². The first-order valence-corrected chi connectivity index (χ1v) is 16.2. The Morgan fingerprint density at radius 1 is 0.960 bits per heavy atom. The number of H-pyrrole nitrogens is 1. The SMILES string of the molecule is CC#N.CC1(C)OB(c2cn[nH]c2)OC1(C)C.CC1(C)OB(c2cnn(CC3CC3(F)F)c2)OC1(C)C.FC1(F)CC1CBr.O=CO[O-].[H-].[K+].[K+]. The summed E-state index contributed by atoms with van der Waals surface area (Å²) in [6.45, 7) is 17.5. The predicted molar refractivity (Wildman–Crippen MR) is 172 cm³/mol. The number of carbonyl (C=O) groups excluding carboxylic acids is 1. The molecule has 4 aliphatic rings. The van der Waals surface area contributed by atoms with Crippen LogP contribution in [-0.2, 0) is 34.8 Å². The van der Waals surface area contributed by atoms with E-state index in [2.05, 4.69) is 36.1 Å². The Morgan fingerprint density at radius 3 is 1.62 bits per heavy atom. The molecule has 1 N–H and O–H groups in total. The van der Waals surface area contributed by atoms with Crippen LogP contribution < -0.4 is 119 Å². The molecule has 0 radical (unpaired) electrons. The number of nitrogens with zero attached hydrogens (tertiary/aromatic N) is 4. The van der Waals surface area contributed by atoms with Crippen molar-refractivity contribution in [3.05, 3.63) is 24.8 Å². The summed E-state index contributed by atoms with van der Waals surface area (Å²) in [5.74, 6) is -5.80. The van der Waals surface area contributed by atoms with Crippen LogP contribution in [0, 0.1) is 23.2 Å². The van der Waals surface area contributed by atoms with Crippen LogP contribution in [0.4, 0.5) is 17.6 Å². The molecule has 12 nitrogen and oxygen atoms in total. The van der Waals surface area contributed by atoms with E-state index in [0.29, 0.717) is 5.33 Å². The summed E-state index contributed by atoms with van der Waals surface area (Å²) >= 11 is 2.97. The summed E-state index contributed by atoms with van der Waals surface area (Å²) in [5.41, 5.74) is 0.312. The van der Waals surface area contributed by atoms with Crippen molar-refractivity contribution in [1.29, 1.82) is 5.26 Å². The van der Waals surface area contributed by atoms with Crippen LogP contribution in [-0.4, -0.2) is 80.3 Å². The van der Waals surface area contributed by atoms with E-state index in [-0.39, 0.29) is 154 Å². The molecule has 2 atom stereocenters. The minimum absolute atomic E-state index is 0. The molecule has 6 rings (SSSR count). The number of hydrogen-bond acceptors (Lipinski definition) is 10. The largest absolute Gasteiger partial charge is 1.00 e. The molecule has 50 heavy (non-hydrogen) atoms. The van der Waals surface area contributed by atoms with Gasteiger partial charge in [-0.15, -0.1) is 0 Å². The molecular weight excluding hydrogens is 786 g/mol. The Bertz CT molecular complexity index is 1350. The van der Waals surface area contributed by atoms with Crippen molar-refractivity contribution in [1.82, 2.24) is 20.0 Å². The first-order chi connectivity index (χ1) is 22.0. The second-order valence-electron chi connectivity index (χ2n) is 13.6. The van der Waals surface area contributed by atoms with Crippen molar-refractivity contribution in [2.24, 2.45) is 11.8 Å². The fraction of sp³-hybridized carbons (Fsp3) is 0.724. The maximum absolute atomic E-state index is 12.9. The van der Waals surface area contributed by atoms with E-state index >= 15 is 0 Å². The van der Waals surface area contributed by atoms with Crippen LogP contribution in [0.3, 0.4) is 0 Å². The third kappa shape index (κ3) is 14.5. The van der Waals surface area contributed by atoms with Gasteiger partial charge in [0, 0.05) is 79.2 Å². The van der Waals surface area contributed by atoms with Crippen LogP contribution >= 0.6 is 15.9 Å². The fourth-order valence-electron chi connectivity index (χ4n) is 4.08. The number of nitriles is 1. The maximum atomic E-state index is 12.9. The summed E-state index contributed by atoms with van der Waals surface area (Å²) in [6, 6.07) is 1.75. The summed E-state index contributed by atoms with van der Waals surface area (Å²) in [6.07, 6.45) is 6.92. The Morgan fingerprint density at radius 2 is 1.34 bits per heavy atom. The molecule has 4 heterocycles. The molecule has 270 valence electrons. The third-order valence-corrected chi connectivity index (χ3v) is 9.55. The van der Waals surface area contributed by atoms with Gasteiger partial charge in [-0.1, -0.05) is 15.9 Å². The van der Waals surface area contributed by atoms with Crippen LogP contribution in [0.2, 0.25) is 0 Å². The third-order valence-electron chi connectivity index (χ3n) is 8.77. The van der Waals surface area contributed by atoms with Gasteiger partial charge in [0.05, 0.1) is 28.5 Å². The van der Waals surface area contributed by atoms with Crippen molar-refractivity contribution in [2.75, 3.05) is 5.33 Å². The van der Waals surface area contributed by atoms with E-state index in [0.717, 1.165) is 10.9 Å². The van der Waals surface area contributed by atoms with Gasteiger partial charge in [-0.2, -0.15) is 15.5 Å². The molecule has 2 aliphatic heterocycles. The average Bonchev–Trinajstić information content (AvgIpc) is 3.42. The van der Waals surface area contributed by atoms with Crippen LogP contribution in [0.15, 0.2) is 24.8 Å². The Balaban J connectivity index is 0. The van der Waals surface area contributed by atoms with E-state index in [1.807, 2.05) is 55.4 Å². The summed E-state index contributed by atoms with van der Waals surface area (Å²) in [4.78, 5) is 11.2. The van der Waals surface area contributed by atoms with Gasteiger partial charge in [-0.25, -0.2) is 17.6 Å². The van der Waals surface area contributed by atoms with Gasteiger partial charge in [0.25, 0.3) is 18.3 Å². The normalized spacial score (nSPS) is 24.2. The standard InChI is InChI=1S/C13H19BF2N2O2.C9H15BN2O2.C4H5BrF2.C2H3N.CH2O3.2K.H/c1-11(2)12(3,4)20-14(19-11)10-6-17-18(8-10)7-9-5-13(9,15)16;1-8(2)9(3,4)14-10(13-8)7-5-11-12-6-7;5-2-3-1-4(3,6)7;1-2-3;2-1-4-3;;;/h6,8-9H,5,7H2,1-4H3;5-6H,1-4H3,(H,11,12);3H,1-2H2;1H3;1,3H;;;/q;;;;;2*+1;-1/p-1. The molecule has 2 aliphatic carbocycles. The van der Waals surface area contributed by atoms with E-state index in [1.54, 1.807) is 35.5 Å². The maximum Gasteiger partial charge on any atom is 1.00 e. The first-order valence-electron chi connectivity index (χ1n) is 15.1. The second kappa shape index (κ2) is 20.6. The van der Waals surface area contributed by atoms with Gasteiger partial charge in [-0.3, -0.25) is 14.6 Å². The number of alkyl halides is 5. The van der Waals surface area contributed by atoms with E-state index in [1.165, 1.54) is 6.92 Å². The number of aromatic nitrogens is 4. The van der Waals surface area contributed by atoms with Crippen molar-refractivity contribution in [3.63, 3.8) is 0 Å². The Hall–Kier alpha value is 0.783. The second-order valence-corrected chi connectivity index (χ2v) is 14.2. The molecule has 2 aromatic rings. The van der Waals surface area contributed by atoms with E-state index < -0.39 is 36.1 Å². The minimum atomic E-state index is -2.52. The van der Waals surface area contributed by atoms with Crippen molar-refractivity contribution in [3.8, 4) is 6.07 Å². The summed E-state index contributed by atoms with van der Waals surface area (Å²) < 4.78 is 74.3. The molecule has 4 fully saturated rings. The van der Waals surface area contributed by atoms with Crippen LogP contribution in [0.1, 0.15) is 76.6 Å². The van der Waals surface area contributed by atoms with Gasteiger partial charge in [-0.05, 0) is 55.4 Å². The van der Waals surface area contributed by atoms with E-state index in [4.69, 9.17) is 33.9 Å². The van der Waals surface area contributed by atoms with Crippen LogP contribution in [0.5, 0.6) is 0 Å². The first kappa shape index (κ1) is 50.8. The predicted octanol–water partition coefficient (Wildman–Crippen LogP) is -2.33. The molecule has 2 saturated carbocycles. The molecule has 21 heteroatoms. The fourth-order valence-corrected chi connectivity index (χ4v) is 4.78. The van der Waals surface area contributed by atoms with Crippen molar-refractivity contribution in [2.45, 2.75) is 116 Å². The summed E-state index contributed by atoms with van der Waals surface area (Å²) in [7, 11) is -0.799. The average molecular weight is 830 g/mol. The molecule has 2 unspecified atom stereocenters. The van der Waals surface area contributed by atoms with Crippen molar-refractivity contribution >= 4 is 47.6 Å². The topological polar surface area (TPSA) is 157 Å². The quantitative estimate of drug-likeness (QED) is 0.0838. The van der Waals surface area contributed by atoms with Crippen LogP contribution in [0.25, 0.3) is 0 Å². The number of halogens is 5. The smallest absolute Gasteiger partial charge is 1.00 e. The Labute approximate surface area is 386 Å². The molecule has 2 aromatic heterocycles. The molecule has 2 saturated heterocycles. The zero-order valence-electron chi connectivity index (χ0n) is 31.6. The number of carbonyl (C=O) groups is 1. The number of rotatable bonds is 6. The zero-order chi connectivity index (χ0) is 36.8. The zero-order valence-corrected chi connectivity index (χ0v) is 38.4. The Kier molecular flexibility index (Phi) is 21.0. The number of hydrogen-bond donors (Lipinski definition) is 1. The molecule has 0 bridgehead atoms. The molecular formula is C29H44B2BrF4K2N5O7. The number of aromatic amines is 1. The van der Waals surface area contributed by atoms with Gasteiger partial charge >= 0.3 is 117 Å². The molecule has 0 spiro atoms.